The van der Waals surface area contributed by atoms with Gasteiger partial charge >= 0.3 is 0 Å². The van der Waals surface area contributed by atoms with Crippen molar-refractivity contribution in [2.24, 2.45) is 0 Å². The zero-order valence-electron chi connectivity index (χ0n) is 11.6. The number of likely N-dealkylation sites (N-methyl/N-ethyl adjacent to an activating group) is 1. The summed E-state index contributed by atoms with van der Waals surface area (Å²) in [4.78, 5) is 6.72. The SMILES string of the molecule is CC.Cc1nc2ccccc2n1CCN(C)C. The maximum Gasteiger partial charge on any atom is 0.106 e. The number of hydrogen-bond donors (Lipinski definition) is 0. The Morgan fingerprint density at radius 1 is 1.18 bits per heavy atom. The molecule has 0 atom stereocenters. The van der Waals surface area contributed by atoms with Gasteiger partial charge in [-0.1, -0.05) is 26.0 Å². The first-order valence-corrected chi connectivity index (χ1v) is 6.25. The van der Waals surface area contributed by atoms with Gasteiger partial charge in [-0.3, -0.25) is 0 Å². The molecule has 3 nitrogen and oxygen atoms in total. The second kappa shape index (κ2) is 6.40. The molecule has 0 amide bonds. The van der Waals surface area contributed by atoms with Crippen LogP contribution in [-0.2, 0) is 6.54 Å². The molecule has 0 saturated heterocycles. The lowest BCUT2D eigenvalue weighted by molar-refractivity contribution is 0.384. The van der Waals surface area contributed by atoms with Gasteiger partial charge in [0, 0.05) is 13.1 Å². The second-order valence-corrected chi connectivity index (χ2v) is 4.10. The first-order chi connectivity index (χ1) is 8.18. The van der Waals surface area contributed by atoms with Crippen molar-refractivity contribution < 1.29 is 0 Å². The molecular weight excluding hydrogens is 210 g/mol. The molecule has 94 valence electrons. The maximum absolute atomic E-state index is 4.54. The average molecular weight is 233 g/mol. The molecule has 0 aliphatic heterocycles. The minimum Gasteiger partial charge on any atom is -0.327 e. The van der Waals surface area contributed by atoms with Crippen LogP contribution in [0, 0.1) is 6.92 Å². The van der Waals surface area contributed by atoms with Gasteiger partial charge in [-0.05, 0) is 33.2 Å². The van der Waals surface area contributed by atoms with Gasteiger partial charge in [0.25, 0.3) is 0 Å². The van der Waals surface area contributed by atoms with Crippen LogP contribution in [0.15, 0.2) is 24.3 Å². The summed E-state index contributed by atoms with van der Waals surface area (Å²) in [6, 6.07) is 8.29. The van der Waals surface area contributed by atoms with Gasteiger partial charge in [-0.15, -0.1) is 0 Å². The Morgan fingerprint density at radius 3 is 2.47 bits per heavy atom. The molecule has 0 fully saturated rings. The minimum atomic E-state index is 0.999. The fourth-order valence-corrected chi connectivity index (χ4v) is 1.78. The van der Waals surface area contributed by atoms with Crippen molar-refractivity contribution in [3.05, 3.63) is 30.1 Å². The molecule has 1 aromatic carbocycles. The van der Waals surface area contributed by atoms with Crippen molar-refractivity contribution >= 4 is 11.0 Å². The van der Waals surface area contributed by atoms with Crippen molar-refractivity contribution in [2.75, 3.05) is 20.6 Å². The van der Waals surface area contributed by atoms with Crippen molar-refractivity contribution in [1.82, 2.24) is 14.5 Å². The fraction of sp³-hybridized carbons (Fsp3) is 0.500. The molecule has 0 aliphatic rings. The van der Waals surface area contributed by atoms with E-state index in [9.17, 15) is 0 Å². The van der Waals surface area contributed by atoms with Gasteiger partial charge in [-0.2, -0.15) is 0 Å². The summed E-state index contributed by atoms with van der Waals surface area (Å²) in [5, 5.41) is 0. The van der Waals surface area contributed by atoms with E-state index in [0.717, 1.165) is 24.4 Å². The molecule has 0 aliphatic carbocycles. The zero-order chi connectivity index (χ0) is 12.8. The van der Waals surface area contributed by atoms with Gasteiger partial charge in [0.2, 0.25) is 0 Å². The van der Waals surface area contributed by atoms with E-state index in [1.54, 1.807) is 0 Å². The van der Waals surface area contributed by atoms with E-state index >= 15 is 0 Å². The van der Waals surface area contributed by atoms with E-state index in [1.807, 2.05) is 19.9 Å². The third-order valence-corrected chi connectivity index (χ3v) is 2.62. The molecule has 17 heavy (non-hydrogen) atoms. The third-order valence-electron chi connectivity index (χ3n) is 2.62. The van der Waals surface area contributed by atoms with Gasteiger partial charge < -0.3 is 9.47 Å². The summed E-state index contributed by atoms with van der Waals surface area (Å²) in [6.07, 6.45) is 0. The molecular formula is C14H23N3. The van der Waals surface area contributed by atoms with E-state index in [2.05, 4.69) is 53.7 Å². The van der Waals surface area contributed by atoms with E-state index < -0.39 is 0 Å². The van der Waals surface area contributed by atoms with Crippen LogP contribution >= 0.6 is 0 Å². The lowest BCUT2D eigenvalue weighted by atomic mass is 10.3. The van der Waals surface area contributed by atoms with Crippen LogP contribution in [0.5, 0.6) is 0 Å². The van der Waals surface area contributed by atoms with Gasteiger partial charge in [0.05, 0.1) is 11.0 Å². The lowest BCUT2D eigenvalue weighted by Crippen LogP contribution is -2.18. The molecule has 3 heteroatoms. The number of aromatic nitrogens is 2. The number of fused-ring (bicyclic) bond motifs is 1. The molecule has 0 N–H and O–H groups in total. The third kappa shape index (κ3) is 3.30. The lowest BCUT2D eigenvalue weighted by Gasteiger charge is -2.11. The number of aryl methyl sites for hydroxylation is 1. The predicted octanol–water partition coefficient (Wildman–Crippen LogP) is 2.93. The normalized spacial score (nSPS) is 10.5. The predicted molar refractivity (Wildman–Crippen MR) is 74.4 cm³/mol. The van der Waals surface area contributed by atoms with Gasteiger partial charge in [0.15, 0.2) is 0 Å². The highest BCUT2D eigenvalue weighted by Gasteiger charge is 2.05. The highest BCUT2D eigenvalue weighted by molar-refractivity contribution is 5.75. The number of para-hydroxylation sites is 2. The number of nitrogens with zero attached hydrogens (tertiary/aromatic N) is 3. The summed E-state index contributed by atoms with van der Waals surface area (Å²) in [6.45, 7) is 8.11. The van der Waals surface area contributed by atoms with Crippen LogP contribution in [0.1, 0.15) is 19.7 Å². The Morgan fingerprint density at radius 2 is 1.82 bits per heavy atom. The molecule has 0 spiro atoms. The maximum atomic E-state index is 4.54. The number of imidazole rings is 1. The monoisotopic (exact) mass is 233 g/mol. The first kappa shape index (κ1) is 13.7. The molecule has 1 aromatic heterocycles. The van der Waals surface area contributed by atoms with Crippen LogP contribution in [0.4, 0.5) is 0 Å². The summed E-state index contributed by atoms with van der Waals surface area (Å²) < 4.78 is 2.27. The number of benzene rings is 1. The molecule has 0 unspecified atom stereocenters. The number of hydrogen-bond acceptors (Lipinski definition) is 2. The first-order valence-electron chi connectivity index (χ1n) is 6.25. The van der Waals surface area contributed by atoms with Gasteiger partial charge in [-0.25, -0.2) is 4.98 Å². The van der Waals surface area contributed by atoms with E-state index in [0.29, 0.717) is 0 Å². The Balaban J connectivity index is 0.000000686. The van der Waals surface area contributed by atoms with E-state index in [4.69, 9.17) is 0 Å². The largest absolute Gasteiger partial charge is 0.327 e. The summed E-state index contributed by atoms with van der Waals surface area (Å²) in [5.74, 6) is 1.10. The minimum absolute atomic E-state index is 0.999. The van der Waals surface area contributed by atoms with Crippen molar-refractivity contribution in [3.8, 4) is 0 Å². The Labute approximate surface area is 104 Å². The van der Waals surface area contributed by atoms with Crippen LogP contribution in [0.25, 0.3) is 11.0 Å². The Hall–Kier alpha value is -1.35. The van der Waals surface area contributed by atoms with Crippen LogP contribution in [0.2, 0.25) is 0 Å². The molecule has 0 saturated carbocycles. The van der Waals surface area contributed by atoms with Crippen LogP contribution in [-0.4, -0.2) is 35.1 Å². The fourth-order valence-electron chi connectivity index (χ4n) is 1.78. The van der Waals surface area contributed by atoms with Crippen molar-refractivity contribution in [1.29, 1.82) is 0 Å². The Kier molecular flexibility index (Phi) is 5.16. The molecule has 2 rings (SSSR count). The summed E-state index contributed by atoms with van der Waals surface area (Å²) >= 11 is 0. The molecule has 1 heterocycles. The van der Waals surface area contributed by atoms with Crippen molar-refractivity contribution in [2.45, 2.75) is 27.3 Å². The van der Waals surface area contributed by atoms with Crippen LogP contribution in [0.3, 0.4) is 0 Å². The molecule has 0 bridgehead atoms. The summed E-state index contributed by atoms with van der Waals surface area (Å²) in [5.41, 5.74) is 2.32. The smallest absolute Gasteiger partial charge is 0.106 e. The topological polar surface area (TPSA) is 21.1 Å². The van der Waals surface area contributed by atoms with E-state index in [1.165, 1.54) is 5.52 Å². The number of rotatable bonds is 3. The quantitative estimate of drug-likeness (QED) is 0.812. The van der Waals surface area contributed by atoms with E-state index in [-0.39, 0.29) is 0 Å². The van der Waals surface area contributed by atoms with Gasteiger partial charge in [0.1, 0.15) is 5.82 Å². The average Bonchev–Trinajstić information content (AvgIpc) is 2.65. The highest BCUT2D eigenvalue weighted by Crippen LogP contribution is 2.14. The zero-order valence-corrected chi connectivity index (χ0v) is 11.6. The molecule has 0 radical (unpaired) electrons. The molecule has 2 aromatic rings. The van der Waals surface area contributed by atoms with Crippen molar-refractivity contribution in [3.63, 3.8) is 0 Å². The van der Waals surface area contributed by atoms with Crippen LogP contribution < -0.4 is 0 Å². The highest BCUT2D eigenvalue weighted by atomic mass is 15.1. The second-order valence-electron chi connectivity index (χ2n) is 4.10. The summed E-state index contributed by atoms with van der Waals surface area (Å²) in [7, 11) is 4.18. The Bertz CT molecular complexity index is 457. The standard InChI is InChI=1S/C12H17N3.C2H6/c1-10-13-11-6-4-5-7-12(11)15(10)9-8-14(2)3;1-2/h4-7H,8-9H2,1-3H3;1-2H3.